The van der Waals surface area contributed by atoms with Gasteiger partial charge in [-0.15, -0.1) is 0 Å². The van der Waals surface area contributed by atoms with Gasteiger partial charge in [0.1, 0.15) is 11.5 Å². The number of benzene rings is 2. The molecule has 0 saturated carbocycles. The first kappa shape index (κ1) is 30.2. The molecule has 0 aliphatic carbocycles. The van der Waals surface area contributed by atoms with E-state index >= 15 is 0 Å². The summed E-state index contributed by atoms with van der Waals surface area (Å²) in [6.07, 6.45) is 2.90. The number of esters is 1. The molecule has 0 radical (unpaired) electrons. The van der Waals surface area contributed by atoms with Crippen LogP contribution in [0.4, 0.5) is 5.69 Å². The van der Waals surface area contributed by atoms with Crippen LogP contribution in [0.5, 0.6) is 0 Å². The van der Waals surface area contributed by atoms with E-state index in [1.807, 2.05) is 31.2 Å². The van der Waals surface area contributed by atoms with Crippen molar-refractivity contribution in [3.8, 4) is 11.3 Å². The molecule has 0 amide bonds. The number of ether oxygens (including phenoxy) is 1. The second kappa shape index (κ2) is 12.5. The Hall–Kier alpha value is -4.28. The number of non-ortho nitro benzene ring substituents is 1. The number of aromatic nitrogens is 1. The molecule has 0 bridgehead atoms. The summed E-state index contributed by atoms with van der Waals surface area (Å²) in [4.78, 5) is 43.4. The number of hydrogen-bond donors (Lipinski definition) is 0. The molecular weight excluding hydrogens is 590 g/mol. The molecule has 2 aromatic heterocycles. The standard InChI is InChI=1S/C32H30ClN3O6S/c1-5-7-25-28(31(38)41-6-2)29(20-10-8-19(9-11-20)18(3)4)35-30(37)27(43-32(35)34-25)17-22-13-15-26(42-22)23-16-21(36(39)40)12-14-24(23)33/h8-18,29H,5-7H2,1-4H3/b27-17-. The third-order valence-corrected chi connectivity index (χ3v) is 8.45. The van der Waals surface area contributed by atoms with E-state index in [9.17, 15) is 19.7 Å². The Balaban J connectivity index is 1.66. The van der Waals surface area contributed by atoms with Crippen LogP contribution < -0.4 is 14.9 Å². The van der Waals surface area contributed by atoms with Gasteiger partial charge in [-0.2, -0.15) is 0 Å². The van der Waals surface area contributed by atoms with Crippen molar-refractivity contribution < 1.29 is 18.9 Å². The predicted molar refractivity (Wildman–Crippen MR) is 166 cm³/mol. The van der Waals surface area contributed by atoms with E-state index in [2.05, 4.69) is 13.8 Å². The number of nitro groups is 1. The Bertz CT molecular complexity index is 1920. The number of halogens is 1. The van der Waals surface area contributed by atoms with Crippen LogP contribution in [0, 0.1) is 10.1 Å². The van der Waals surface area contributed by atoms with E-state index in [1.165, 1.54) is 29.5 Å². The van der Waals surface area contributed by atoms with Gasteiger partial charge in [-0.3, -0.25) is 19.5 Å². The number of rotatable bonds is 9. The second-order valence-electron chi connectivity index (χ2n) is 10.4. The minimum atomic E-state index is -0.712. The molecule has 0 fully saturated rings. The fraction of sp³-hybridized carbons (Fsp3) is 0.281. The zero-order valence-corrected chi connectivity index (χ0v) is 25.7. The summed E-state index contributed by atoms with van der Waals surface area (Å²) in [5.41, 5.74) is 2.81. The van der Waals surface area contributed by atoms with Crippen molar-refractivity contribution in [3.05, 3.63) is 118 Å². The lowest BCUT2D eigenvalue weighted by atomic mass is 9.92. The number of furan rings is 1. The molecule has 9 nitrogen and oxygen atoms in total. The van der Waals surface area contributed by atoms with Gasteiger partial charge in [-0.25, -0.2) is 9.79 Å². The maximum absolute atomic E-state index is 14.0. The highest BCUT2D eigenvalue weighted by Crippen LogP contribution is 2.34. The smallest absolute Gasteiger partial charge is 0.338 e. The number of nitrogens with zero attached hydrogens (tertiary/aromatic N) is 3. The lowest BCUT2D eigenvalue weighted by Gasteiger charge is -2.26. The van der Waals surface area contributed by atoms with Crippen LogP contribution in [0.1, 0.15) is 69.4 Å². The molecule has 222 valence electrons. The molecular formula is C32H30ClN3O6S. The molecule has 0 spiro atoms. The molecule has 3 heterocycles. The molecule has 0 saturated heterocycles. The third-order valence-electron chi connectivity index (χ3n) is 7.14. The quantitative estimate of drug-likeness (QED) is 0.120. The van der Waals surface area contributed by atoms with E-state index in [4.69, 9.17) is 25.7 Å². The van der Waals surface area contributed by atoms with Gasteiger partial charge < -0.3 is 9.15 Å². The Morgan fingerprint density at radius 3 is 2.58 bits per heavy atom. The van der Waals surface area contributed by atoms with Crippen LogP contribution in [0.15, 0.2) is 80.1 Å². The number of hydrogen-bond acceptors (Lipinski definition) is 8. The highest BCUT2D eigenvalue weighted by molar-refractivity contribution is 7.07. The van der Waals surface area contributed by atoms with Gasteiger partial charge >= 0.3 is 5.97 Å². The molecule has 1 aliphatic rings. The fourth-order valence-electron chi connectivity index (χ4n) is 5.02. The van der Waals surface area contributed by atoms with Crippen molar-refractivity contribution in [1.82, 2.24) is 4.57 Å². The normalized spacial score (nSPS) is 15.0. The Kier molecular flexibility index (Phi) is 8.79. The summed E-state index contributed by atoms with van der Waals surface area (Å²) in [5.74, 6) is 0.512. The van der Waals surface area contributed by atoms with E-state index in [-0.39, 0.29) is 17.9 Å². The summed E-state index contributed by atoms with van der Waals surface area (Å²) in [6, 6.07) is 14.6. The summed E-state index contributed by atoms with van der Waals surface area (Å²) in [7, 11) is 0. The van der Waals surface area contributed by atoms with Crippen molar-refractivity contribution in [2.75, 3.05) is 6.61 Å². The number of thiazole rings is 1. The zero-order valence-electron chi connectivity index (χ0n) is 24.1. The molecule has 5 rings (SSSR count). The van der Waals surface area contributed by atoms with E-state index < -0.39 is 16.9 Å². The van der Waals surface area contributed by atoms with Gasteiger partial charge in [0, 0.05) is 23.8 Å². The zero-order chi connectivity index (χ0) is 30.8. The van der Waals surface area contributed by atoms with E-state index in [1.54, 1.807) is 29.7 Å². The number of carbonyl (C=O) groups is 1. The number of allylic oxidation sites excluding steroid dienone is 1. The van der Waals surface area contributed by atoms with Crippen LogP contribution in [-0.2, 0) is 9.53 Å². The number of carbonyl (C=O) groups excluding carboxylic acids is 1. The highest BCUT2D eigenvalue weighted by atomic mass is 35.5. The SMILES string of the molecule is CCCC1=C(C(=O)OCC)C(c2ccc(C(C)C)cc2)n2c(s/c(=C\c3ccc(-c4cc([N+](=O)[O-])ccc4Cl)o3)c2=O)=N1. The average Bonchev–Trinajstić information content (AvgIpc) is 3.56. The Labute approximate surface area is 256 Å². The van der Waals surface area contributed by atoms with Gasteiger partial charge in [0.2, 0.25) is 0 Å². The molecule has 0 N–H and O–H groups in total. The lowest BCUT2D eigenvalue weighted by Crippen LogP contribution is -2.40. The minimum Gasteiger partial charge on any atom is -0.463 e. The summed E-state index contributed by atoms with van der Waals surface area (Å²) in [5, 5.41) is 11.6. The molecule has 4 aromatic rings. The first-order valence-electron chi connectivity index (χ1n) is 14.0. The molecule has 1 aliphatic heterocycles. The van der Waals surface area contributed by atoms with Crippen LogP contribution >= 0.6 is 22.9 Å². The molecule has 11 heteroatoms. The first-order valence-corrected chi connectivity index (χ1v) is 15.2. The topological polar surface area (TPSA) is 117 Å². The number of nitro benzene ring substituents is 1. The fourth-order valence-corrected chi connectivity index (χ4v) is 6.23. The van der Waals surface area contributed by atoms with Crippen molar-refractivity contribution in [2.45, 2.75) is 52.5 Å². The Morgan fingerprint density at radius 2 is 1.93 bits per heavy atom. The molecule has 2 aromatic carbocycles. The average molecular weight is 620 g/mol. The maximum atomic E-state index is 14.0. The Morgan fingerprint density at radius 1 is 1.19 bits per heavy atom. The molecule has 43 heavy (non-hydrogen) atoms. The predicted octanol–water partition coefficient (Wildman–Crippen LogP) is 6.52. The summed E-state index contributed by atoms with van der Waals surface area (Å²) < 4.78 is 13.3. The molecule has 1 unspecified atom stereocenters. The van der Waals surface area contributed by atoms with E-state index in [0.717, 1.165) is 17.5 Å². The summed E-state index contributed by atoms with van der Waals surface area (Å²) in [6.45, 7) is 8.16. The van der Waals surface area contributed by atoms with Gasteiger partial charge in [0.25, 0.3) is 11.2 Å². The van der Waals surface area contributed by atoms with Gasteiger partial charge in [0.15, 0.2) is 4.80 Å². The van der Waals surface area contributed by atoms with Crippen molar-refractivity contribution in [3.63, 3.8) is 0 Å². The number of fused-ring (bicyclic) bond motifs is 1. The first-order chi connectivity index (χ1) is 20.6. The minimum absolute atomic E-state index is 0.118. The molecule has 1 atom stereocenters. The van der Waals surface area contributed by atoms with E-state index in [0.29, 0.717) is 55.0 Å². The van der Waals surface area contributed by atoms with Crippen LogP contribution in [0.2, 0.25) is 5.02 Å². The van der Waals surface area contributed by atoms with Crippen LogP contribution in [-0.4, -0.2) is 22.1 Å². The monoisotopic (exact) mass is 619 g/mol. The van der Waals surface area contributed by atoms with Crippen LogP contribution in [0.3, 0.4) is 0 Å². The largest absolute Gasteiger partial charge is 0.463 e. The highest BCUT2D eigenvalue weighted by Gasteiger charge is 2.34. The second-order valence-corrected chi connectivity index (χ2v) is 11.8. The van der Waals surface area contributed by atoms with Crippen LogP contribution in [0.25, 0.3) is 17.4 Å². The van der Waals surface area contributed by atoms with Crippen molar-refractivity contribution in [1.29, 1.82) is 0 Å². The lowest BCUT2D eigenvalue weighted by molar-refractivity contribution is -0.384. The van der Waals surface area contributed by atoms with Gasteiger partial charge in [0.05, 0.1) is 38.4 Å². The summed E-state index contributed by atoms with van der Waals surface area (Å²) >= 11 is 7.50. The third kappa shape index (κ3) is 5.98. The van der Waals surface area contributed by atoms with Crippen molar-refractivity contribution in [2.24, 2.45) is 4.99 Å². The maximum Gasteiger partial charge on any atom is 0.338 e. The van der Waals surface area contributed by atoms with Crippen molar-refractivity contribution >= 4 is 40.7 Å². The van der Waals surface area contributed by atoms with Gasteiger partial charge in [-0.1, -0.05) is 74.4 Å². The van der Waals surface area contributed by atoms with Gasteiger partial charge in [-0.05, 0) is 48.6 Å².